The van der Waals surface area contributed by atoms with Crippen LogP contribution in [0, 0.1) is 0 Å². The Hall–Kier alpha value is -2.77. The molecular weight excluding hydrogens is 338 g/mol. The number of benzene rings is 1. The number of hydrogen-bond acceptors (Lipinski definition) is 5. The number of likely N-dealkylation sites (N-methyl/N-ethyl adjacent to an activating group) is 2. The molecule has 2 aliphatic heterocycles. The number of imide groups is 1. The van der Waals surface area contributed by atoms with Crippen molar-refractivity contribution < 1.29 is 23.9 Å². The lowest BCUT2D eigenvalue weighted by Gasteiger charge is -2.28. The predicted octanol–water partition coefficient (Wildman–Crippen LogP) is 1.09. The molecule has 3 rings (SSSR count). The molecule has 8 nitrogen and oxygen atoms in total. The predicted molar refractivity (Wildman–Crippen MR) is 92.9 cm³/mol. The number of fused-ring (bicyclic) bond motifs is 1. The van der Waals surface area contributed by atoms with Crippen LogP contribution in [0.2, 0.25) is 0 Å². The third kappa shape index (κ3) is 3.18. The van der Waals surface area contributed by atoms with Gasteiger partial charge in [-0.2, -0.15) is 0 Å². The molecule has 0 aromatic heterocycles. The maximum Gasteiger partial charge on any atom is 0.326 e. The van der Waals surface area contributed by atoms with E-state index in [1.54, 1.807) is 19.1 Å². The molecule has 26 heavy (non-hydrogen) atoms. The second-order valence-electron chi connectivity index (χ2n) is 6.48. The molecule has 1 aromatic carbocycles. The Morgan fingerprint density at radius 1 is 1.31 bits per heavy atom. The zero-order chi connectivity index (χ0) is 18.8. The highest BCUT2D eigenvalue weighted by Crippen LogP contribution is 2.33. The summed E-state index contributed by atoms with van der Waals surface area (Å²) in [6.45, 7) is 1.38. The van der Waals surface area contributed by atoms with Gasteiger partial charge in [-0.25, -0.2) is 4.79 Å². The lowest BCUT2D eigenvalue weighted by molar-refractivity contribution is -0.137. The maximum atomic E-state index is 12.8. The monoisotopic (exact) mass is 361 g/mol. The van der Waals surface area contributed by atoms with Crippen molar-refractivity contribution in [3.63, 3.8) is 0 Å². The van der Waals surface area contributed by atoms with Gasteiger partial charge in [0.1, 0.15) is 6.04 Å². The van der Waals surface area contributed by atoms with Crippen molar-refractivity contribution in [2.45, 2.75) is 25.4 Å². The Morgan fingerprint density at radius 2 is 2.08 bits per heavy atom. The van der Waals surface area contributed by atoms with Crippen molar-refractivity contribution in [1.29, 1.82) is 0 Å². The summed E-state index contributed by atoms with van der Waals surface area (Å²) >= 11 is 0. The van der Waals surface area contributed by atoms with Gasteiger partial charge in [0.2, 0.25) is 5.91 Å². The van der Waals surface area contributed by atoms with Gasteiger partial charge in [0.05, 0.1) is 20.1 Å². The van der Waals surface area contributed by atoms with Gasteiger partial charge >= 0.3 is 6.03 Å². The number of ether oxygens (including phenoxy) is 2. The fourth-order valence-corrected chi connectivity index (χ4v) is 3.31. The van der Waals surface area contributed by atoms with Gasteiger partial charge in [-0.3, -0.25) is 14.5 Å². The van der Waals surface area contributed by atoms with Crippen LogP contribution in [-0.4, -0.2) is 72.9 Å². The van der Waals surface area contributed by atoms with E-state index in [0.717, 1.165) is 10.5 Å². The molecule has 4 amide bonds. The minimum absolute atomic E-state index is 0.0222. The molecule has 0 saturated carbocycles. The Bertz CT molecular complexity index is 736. The van der Waals surface area contributed by atoms with Gasteiger partial charge < -0.3 is 19.3 Å². The first kappa shape index (κ1) is 18.0. The summed E-state index contributed by atoms with van der Waals surface area (Å²) in [7, 11) is 4.56. The van der Waals surface area contributed by atoms with E-state index in [1.807, 2.05) is 18.2 Å². The average Bonchev–Trinajstić information content (AvgIpc) is 2.79. The van der Waals surface area contributed by atoms with Crippen LogP contribution in [0.15, 0.2) is 18.2 Å². The number of urea groups is 1. The third-order valence-corrected chi connectivity index (χ3v) is 4.85. The topological polar surface area (TPSA) is 79.4 Å². The summed E-state index contributed by atoms with van der Waals surface area (Å²) in [6, 6.07) is 4.44. The number of para-hydroxylation sites is 1. The molecule has 1 fully saturated rings. The number of hydrogen-bond donors (Lipinski definition) is 0. The number of amides is 4. The van der Waals surface area contributed by atoms with E-state index in [1.165, 1.54) is 11.9 Å². The summed E-state index contributed by atoms with van der Waals surface area (Å²) < 4.78 is 11.1. The molecule has 140 valence electrons. The first-order valence-corrected chi connectivity index (χ1v) is 8.55. The summed E-state index contributed by atoms with van der Waals surface area (Å²) in [5.74, 6) is 0.781. The van der Waals surface area contributed by atoms with Crippen LogP contribution in [0.25, 0.3) is 0 Å². The zero-order valence-electron chi connectivity index (χ0n) is 15.2. The highest BCUT2D eigenvalue weighted by molar-refractivity contribution is 6.05. The molecule has 0 aliphatic carbocycles. The van der Waals surface area contributed by atoms with Crippen LogP contribution >= 0.6 is 0 Å². The SMILES string of the molecule is COc1cccc2c1OCCCN(C(=O)CC1C(=O)N(C)C(=O)N1C)C2. The van der Waals surface area contributed by atoms with E-state index in [2.05, 4.69) is 0 Å². The van der Waals surface area contributed by atoms with E-state index < -0.39 is 6.04 Å². The number of nitrogens with zero attached hydrogens (tertiary/aromatic N) is 3. The molecule has 0 radical (unpaired) electrons. The average molecular weight is 361 g/mol. The van der Waals surface area contributed by atoms with Crippen LogP contribution in [0.3, 0.4) is 0 Å². The molecule has 1 aromatic rings. The summed E-state index contributed by atoms with van der Waals surface area (Å²) in [5, 5.41) is 0. The summed E-state index contributed by atoms with van der Waals surface area (Å²) in [4.78, 5) is 41.0. The lowest BCUT2D eigenvalue weighted by Crippen LogP contribution is -2.40. The van der Waals surface area contributed by atoms with E-state index in [0.29, 0.717) is 37.6 Å². The fraction of sp³-hybridized carbons (Fsp3) is 0.500. The van der Waals surface area contributed by atoms with Crippen LogP contribution in [0.1, 0.15) is 18.4 Å². The van der Waals surface area contributed by atoms with Gasteiger partial charge in [-0.05, 0) is 12.5 Å². The molecule has 0 spiro atoms. The largest absolute Gasteiger partial charge is 0.493 e. The number of carbonyl (C=O) groups is 3. The van der Waals surface area contributed by atoms with E-state index >= 15 is 0 Å². The Balaban J connectivity index is 1.77. The molecule has 0 N–H and O–H groups in total. The minimum Gasteiger partial charge on any atom is -0.493 e. The second kappa shape index (κ2) is 7.23. The van der Waals surface area contributed by atoms with Crippen LogP contribution in [0.5, 0.6) is 11.5 Å². The first-order chi connectivity index (χ1) is 12.4. The lowest BCUT2D eigenvalue weighted by atomic mass is 10.1. The summed E-state index contributed by atoms with van der Waals surface area (Å²) in [6.07, 6.45) is 0.655. The number of carbonyl (C=O) groups excluding carboxylic acids is 3. The van der Waals surface area contributed by atoms with Crippen LogP contribution < -0.4 is 9.47 Å². The van der Waals surface area contributed by atoms with Crippen molar-refractivity contribution >= 4 is 17.8 Å². The van der Waals surface area contributed by atoms with Crippen molar-refractivity contribution in [3.05, 3.63) is 23.8 Å². The standard InChI is InChI=1S/C18H23N3O5/c1-19-13(17(23)20(2)18(19)24)10-15(22)21-8-5-9-26-16-12(11-21)6-4-7-14(16)25-3/h4,6-7,13H,5,8-11H2,1-3H3. The van der Waals surface area contributed by atoms with Gasteiger partial charge in [0, 0.05) is 32.7 Å². The zero-order valence-corrected chi connectivity index (χ0v) is 15.2. The van der Waals surface area contributed by atoms with Crippen molar-refractivity contribution in [1.82, 2.24) is 14.7 Å². The van der Waals surface area contributed by atoms with Crippen molar-refractivity contribution in [2.24, 2.45) is 0 Å². The van der Waals surface area contributed by atoms with Gasteiger partial charge in [-0.15, -0.1) is 0 Å². The molecule has 2 aliphatic rings. The second-order valence-corrected chi connectivity index (χ2v) is 6.48. The molecule has 8 heteroatoms. The van der Waals surface area contributed by atoms with Crippen LogP contribution in [-0.2, 0) is 16.1 Å². The normalized spacial score (nSPS) is 20.4. The highest BCUT2D eigenvalue weighted by atomic mass is 16.5. The fourth-order valence-electron chi connectivity index (χ4n) is 3.31. The number of rotatable bonds is 3. The highest BCUT2D eigenvalue weighted by Gasteiger charge is 2.42. The van der Waals surface area contributed by atoms with Gasteiger partial charge in [0.25, 0.3) is 5.91 Å². The Morgan fingerprint density at radius 3 is 2.73 bits per heavy atom. The maximum absolute atomic E-state index is 12.8. The van der Waals surface area contributed by atoms with Gasteiger partial charge in [0.15, 0.2) is 11.5 Å². The smallest absolute Gasteiger partial charge is 0.326 e. The third-order valence-electron chi connectivity index (χ3n) is 4.85. The van der Waals surface area contributed by atoms with E-state index in [4.69, 9.17) is 9.47 Å². The van der Waals surface area contributed by atoms with Crippen molar-refractivity contribution in [3.8, 4) is 11.5 Å². The van der Waals surface area contributed by atoms with Crippen LogP contribution in [0.4, 0.5) is 4.79 Å². The van der Waals surface area contributed by atoms with E-state index in [-0.39, 0.29) is 24.3 Å². The Kier molecular flexibility index (Phi) is 5.01. The minimum atomic E-state index is -0.744. The quantitative estimate of drug-likeness (QED) is 0.753. The van der Waals surface area contributed by atoms with Gasteiger partial charge in [-0.1, -0.05) is 12.1 Å². The molecule has 2 heterocycles. The molecule has 1 saturated heterocycles. The Labute approximate surface area is 152 Å². The number of methoxy groups -OCH3 is 1. The molecule has 1 unspecified atom stereocenters. The first-order valence-electron chi connectivity index (χ1n) is 8.55. The van der Waals surface area contributed by atoms with E-state index in [9.17, 15) is 14.4 Å². The molecular formula is C18H23N3O5. The molecule has 0 bridgehead atoms. The molecule has 1 atom stereocenters. The van der Waals surface area contributed by atoms with Crippen molar-refractivity contribution in [2.75, 3.05) is 34.4 Å². The summed E-state index contributed by atoms with van der Waals surface area (Å²) in [5.41, 5.74) is 0.858.